The van der Waals surface area contributed by atoms with Crippen LogP contribution in [-0.4, -0.2) is 43.6 Å². The van der Waals surface area contributed by atoms with Gasteiger partial charge in [-0.15, -0.1) is 0 Å². The SMILES string of the molecule is CC[C@](C)(O)C#CC[NH+]1CCOCC1. The number of quaternary nitrogens is 1. The third-order valence-electron chi connectivity index (χ3n) is 2.58. The van der Waals surface area contributed by atoms with Gasteiger partial charge in [-0.2, -0.15) is 0 Å². The highest BCUT2D eigenvalue weighted by atomic mass is 16.5. The van der Waals surface area contributed by atoms with Crippen LogP contribution in [0.5, 0.6) is 0 Å². The molecule has 1 atom stereocenters. The van der Waals surface area contributed by atoms with Gasteiger partial charge < -0.3 is 14.7 Å². The summed E-state index contributed by atoms with van der Waals surface area (Å²) in [7, 11) is 0. The highest BCUT2D eigenvalue weighted by Gasteiger charge is 2.14. The molecule has 0 amide bonds. The molecule has 0 bridgehead atoms. The van der Waals surface area contributed by atoms with Gasteiger partial charge in [-0.1, -0.05) is 12.8 Å². The summed E-state index contributed by atoms with van der Waals surface area (Å²) in [5, 5.41) is 9.65. The Balaban J connectivity index is 2.30. The maximum atomic E-state index is 9.65. The fraction of sp³-hybridized carbons (Fsp3) is 0.818. The van der Waals surface area contributed by atoms with Crippen molar-refractivity contribution >= 4 is 0 Å². The van der Waals surface area contributed by atoms with Crippen LogP contribution in [-0.2, 0) is 4.74 Å². The van der Waals surface area contributed by atoms with E-state index in [0.29, 0.717) is 6.42 Å². The van der Waals surface area contributed by atoms with Crippen LogP contribution in [0.15, 0.2) is 0 Å². The number of morpholine rings is 1. The van der Waals surface area contributed by atoms with E-state index in [4.69, 9.17) is 4.74 Å². The molecule has 1 saturated heterocycles. The summed E-state index contributed by atoms with van der Waals surface area (Å²) >= 11 is 0. The summed E-state index contributed by atoms with van der Waals surface area (Å²) in [5.74, 6) is 5.95. The van der Waals surface area contributed by atoms with Gasteiger partial charge in [-0.3, -0.25) is 0 Å². The van der Waals surface area contributed by atoms with E-state index in [1.165, 1.54) is 4.90 Å². The number of ether oxygens (including phenoxy) is 1. The second-order valence-corrected chi connectivity index (χ2v) is 3.97. The highest BCUT2D eigenvalue weighted by Crippen LogP contribution is 2.04. The smallest absolute Gasteiger partial charge is 0.139 e. The lowest BCUT2D eigenvalue weighted by Crippen LogP contribution is -3.14. The molecule has 0 spiro atoms. The average molecular weight is 198 g/mol. The van der Waals surface area contributed by atoms with E-state index < -0.39 is 5.60 Å². The normalized spacial score (nSPS) is 22.2. The second-order valence-electron chi connectivity index (χ2n) is 3.97. The largest absolute Gasteiger partial charge is 0.378 e. The van der Waals surface area contributed by atoms with Crippen LogP contribution < -0.4 is 4.90 Å². The standard InChI is InChI=1S/C11H19NO2/c1-3-11(2,13)5-4-6-12-7-9-14-10-8-12/h13H,3,6-10H2,1-2H3/p+1/t11-/m0/s1. The van der Waals surface area contributed by atoms with Crippen molar-refractivity contribution in [2.45, 2.75) is 25.9 Å². The van der Waals surface area contributed by atoms with Crippen LogP contribution in [0.2, 0.25) is 0 Å². The Bertz CT molecular complexity index is 221. The van der Waals surface area contributed by atoms with Gasteiger partial charge in [0, 0.05) is 0 Å². The summed E-state index contributed by atoms with van der Waals surface area (Å²) in [6.45, 7) is 8.25. The van der Waals surface area contributed by atoms with Crippen LogP contribution >= 0.6 is 0 Å². The van der Waals surface area contributed by atoms with Crippen molar-refractivity contribution in [1.29, 1.82) is 0 Å². The Morgan fingerprint density at radius 2 is 2.07 bits per heavy atom. The first kappa shape index (κ1) is 11.5. The van der Waals surface area contributed by atoms with E-state index in [-0.39, 0.29) is 0 Å². The van der Waals surface area contributed by atoms with Gasteiger partial charge in [-0.05, 0) is 19.3 Å². The molecule has 1 aliphatic rings. The molecule has 1 heterocycles. The van der Waals surface area contributed by atoms with Crippen molar-refractivity contribution < 1.29 is 14.7 Å². The first-order valence-corrected chi connectivity index (χ1v) is 5.28. The Morgan fingerprint density at radius 1 is 1.43 bits per heavy atom. The first-order chi connectivity index (χ1) is 6.64. The number of rotatable bonds is 2. The molecule has 0 saturated carbocycles. The molecular weight excluding hydrogens is 178 g/mol. The molecule has 0 aliphatic carbocycles. The van der Waals surface area contributed by atoms with Crippen molar-refractivity contribution in [3.8, 4) is 11.8 Å². The zero-order valence-electron chi connectivity index (χ0n) is 9.10. The topological polar surface area (TPSA) is 33.9 Å². The van der Waals surface area contributed by atoms with Gasteiger partial charge in [0.1, 0.15) is 25.2 Å². The first-order valence-electron chi connectivity index (χ1n) is 5.28. The van der Waals surface area contributed by atoms with Crippen LogP contribution in [0, 0.1) is 11.8 Å². The van der Waals surface area contributed by atoms with Crippen LogP contribution in [0.1, 0.15) is 20.3 Å². The van der Waals surface area contributed by atoms with Crippen LogP contribution in [0.3, 0.4) is 0 Å². The lowest BCUT2D eigenvalue weighted by atomic mass is 10.1. The second kappa shape index (κ2) is 5.35. The lowest BCUT2D eigenvalue weighted by Gasteiger charge is -2.21. The molecule has 80 valence electrons. The van der Waals surface area contributed by atoms with Crippen molar-refractivity contribution in [2.75, 3.05) is 32.8 Å². The fourth-order valence-corrected chi connectivity index (χ4v) is 1.28. The monoisotopic (exact) mass is 198 g/mol. The lowest BCUT2D eigenvalue weighted by molar-refractivity contribution is -0.900. The van der Waals surface area contributed by atoms with E-state index >= 15 is 0 Å². The summed E-state index contributed by atoms with van der Waals surface area (Å²) in [6, 6.07) is 0. The molecule has 3 heteroatoms. The number of aliphatic hydroxyl groups is 1. The molecule has 0 unspecified atom stereocenters. The third kappa shape index (κ3) is 4.10. The number of hydrogen-bond donors (Lipinski definition) is 2. The van der Waals surface area contributed by atoms with Crippen molar-refractivity contribution in [3.63, 3.8) is 0 Å². The molecule has 14 heavy (non-hydrogen) atoms. The minimum atomic E-state index is -0.814. The minimum absolute atomic E-state index is 0.679. The van der Waals surface area contributed by atoms with E-state index in [1.54, 1.807) is 6.92 Å². The van der Waals surface area contributed by atoms with E-state index in [2.05, 4.69) is 11.8 Å². The molecule has 2 N–H and O–H groups in total. The summed E-state index contributed by atoms with van der Waals surface area (Å²) in [5.41, 5.74) is -0.814. The van der Waals surface area contributed by atoms with Gasteiger partial charge in [0.2, 0.25) is 0 Å². The third-order valence-corrected chi connectivity index (χ3v) is 2.58. The Morgan fingerprint density at radius 3 is 2.64 bits per heavy atom. The Labute approximate surface area is 86.0 Å². The van der Waals surface area contributed by atoms with Gasteiger partial charge in [0.25, 0.3) is 0 Å². The number of hydrogen-bond acceptors (Lipinski definition) is 2. The predicted molar refractivity (Wildman–Crippen MR) is 55.1 cm³/mol. The van der Waals surface area contributed by atoms with Gasteiger partial charge >= 0.3 is 0 Å². The maximum absolute atomic E-state index is 9.65. The zero-order chi connectivity index (χ0) is 10.4. The molecule has 0 aromatic carbocycles. The predicted octanol–water partition coefficient (Wildman–Crippen LogP) is -0.934. The quantitative estimate of drug-likeness (QED) is 0.562. The molecular formula is C11H20NO2+. The minimum Gasteiger partial charge on any atom is -0.378 e. The van der Waals surface area contributed by atoms with E-state index in [0.717, 1.165) is 32.8 Å². The summed E-state index contributed by atoms with van der Waals surface area (Å²) in [4.78, 5) is 1.45. The Kier molecular flexibility index (Phi) is 4.40. The van der Waals surface area contributed by atoms with Gasteiger partial charge in [0.15, 0.2) is 0 Å². The molecule has 1 rings (SSSR count). The van der Waals surface area contributed by atoms with Gasteiger partial charge in [0.05, 0.1) is 13.2 Å². The van der Waals surface area contributed by atoms with E-state index in [1.807, 2.05) is 6.92 Å². The fourth-order valence-electron chi connectivity index (χ4n) is 1.28. The average Bonchev–Trinajstić information content (AvgIpc) is 2.19. The maximum Gasteiger partial charge on any atom is 0.139 e. The Hall–Kier alpha value is -0.560. The highest BCUT2D eigenvalue weighted by molar-refractivity contribution is 5.11. The number of nitrogens with one attached hydrogen (secondary N) is 1. The summed E-state index contributed by atoms with van der Waals surface area (Å²) in [6.07, 6.45) is 0.679. The molecule has 3 nitrogen and oxygen atoms in total. The molecule has 0 aromatic rings. The van der Waals surface area contributed by atoms with Crippen LogP contribution in [0.25, 0.3) is 0 Å². The molecule has 1 aliphatic heterocycles. The van der Waals surface area contributed by atoms with Crippen molar-refractivity contribution in [3.05, 3.63) is 0 Å². The summed E-state index contributed by atoms with van der Waals surface area (Å²) < 4.78 is 5.25. The van der Waals surface area contributed by atoms with Crippen molar-refractivity contribution in [1.82, 2.24) is 0 Å². The van der Waals surface area contributed by atoms with Gasteiger partial charge in [-0.25, -0.2) is 0 Å². The molecule has 0 radical (unpaired) electrons. The van der Waals surface area contributed by atoms with E-state index in [9.17, 15) is 5.11 Å². The molecule has 0 aromatic heterocycles. The van der Waals surface area contributed by atoms with Crippen molar-refractivity contribution in [2.24, 2.45) is 0 Å². The zero-order valence-corrected chi connectivity index (χ0v) is 9.10. The van der Waals surface area contributed by atoms with Crippen LogP contribution in [0.4, 0.5) is 0 Å². The molecule has 1 fully saturated rings.